The van der Waals surface area contributed by atoms with Crippen LogP contribution in [-0.4, -0.2) is 19.2 Å². The zero-order chi connectivity index (χ0) is 20.9. The van der Waals surface area contributed by atoms with E-state index in [0.717, 1.165) is 43.4 Å². The molecule has 0 bridgehead atoms. The van der Waals surface area contributed by atoms with Crippen LogP contribution in [0.1, 0.15) is 95.5 Å². The molecule has 166 valence electrons. The summed E-state index contributed by atoms with van der Waals surface area (Å²) in [5, 5.41) is 0. The molecule has 0 N–H and O–H groups in total. The quantitative estimate of drug-likeness (QED) is 0.390. The van der Waals surface area contributed by atoms with Crippen molar-refractivity contribution in [3.8, 4) is 5.75 Å². The number of hydrogen-bond acceptors (Lipinski definition) is 3. The Morgan fingerprint density at radius 2 is 1.33 bits per heavy atom. The van der Waals surface area contributed by atoms with Crippen LogP contribution >= 0.6 is 0 Å². The molecular formula is C27H40O3. The van der Waals surface area contributed by atoms with Gasteiger partial charge in [-0.1, -0.05) is 31.9 Å². The minimum Gasteiger partial charge on any atom is -0.426 e. The number of methoxy groups -OCH3 is 1. The zero-order valence-electron chi connectivity index (χ0n) is 19.0. The molecule has 4 rings (SSSR count). The molecule has 0 aromatic heterocycles. The van der Waals surface area contributed by atoms with Crippen LogP contribution in [0, 0.1) is 23.7 Å². The Labute approximate surface area is 182 Å². The lowest BCUT2D eigenvalue weighted by Gasteiger charge is -2.36. The first-order valence-corrected chi connectivity index (χ1v) is 12.5. The predicted molar refractivity (Wildman–Crippen MR) is 121 cm³/mol. The number of benzene rings is 1. The summed E-state index contributed by atoms with van der Waals surface area (Å²) in [6, 6.07) is 8.29. The number of esters is 1. The third-order valence-corrected chi connectivity index (χ3v) is 8.41. The van der Waals surface area contributed by atoms with Gasteiger partial charge in [-0.25, -0.2) is 0 Å². The van der Waals surface area contributed by atoms with Crippen molar-refractivity contribution in [2.45, 2.75) is 96.0 Å². The molecule has 3 heteroatoms. The largest absolute Gasteiger partial charge is 0.426 e. The van der Waals surface area contributed by atoms with Crippen LogP contribution in [0.4, 0.5) is 0 Å². The van der Waals surface area contributed by atoms with E-state index in [1.54, 1.807) is 0 Å². The van der Waals surface area contributed by atoms with Crippen molar-refractivity contribution in [3.63, 3.8) is 0 Å². The predicted octanol–water partition coefficient (Wildman–Crippen LogP) is 6.90. The van der Waals surface area contributed by atoms with E-state index in [1.807, 2.05) is 19.2 Å². The molecular weight excluding hydrogens is 372 g/mol. The molecule has 0 heterocycles. The molecule has 1 aromatic rings. The fourth-order valence-electron chi connectivity index (χ4n) is 6.22. The van der Waals surface area contributed by atoms with Gasteiger partial charge >= 0.3 is 5.97 Å². The van der Waals surface area contributed by atoms with Crippen LogP contribution < -0.4 is 4.74 Å². The van der Waals surface area contributed by atoms with Gasteiger partial charge in [0.25, 0.3) is 0 Å². The molecule has 0 saturated heterocycles. The molecule has 30 heavy (non-hydrogen) atoms. The number of carbonyl (C=O) groups is 1. The molecule has 3 saturated carbocycles. The second kappa shape index (κ2) is 10.3. The summed E-state index contributed by atoms with van der Waals surface area (Å²) < 4.78 is 11.2. The average molecular weight is 413 g/mol. The van der Waals surface area contributed by atoms with Crippen molar-refractivity contribution in [2.75, 3.05) is 7.11 Å². The minimum atomic E-state index is -0.0148. The Kier molecular flexibility index (Phi) is 7.51. The van der Waals surface area contributed by atoms with Gasteiger partial charge in [-0.05, 0) is 106 Å². The normalized spacial score (nSPS) is 35.0. The third-order valence-electron chi connectivity index (χ3n) is 8.41. The first-order chi connectivity index (χ1) is 14.6. The van der Waals surface area contributed by atoms with Crippen LogP contribution in [0.3, 0.4) is 0 Å². The van der Waals surface area contributed by atoms with Crippen LogP contribution in [0.25, 0.3) is 0 Å². The molecule has 0 atom stereocenters. The Bertz CT molecular complexity index is 658. The van der Waals surface area contributed by atoms with Gasteiger partial charge in [0.2, 0.25) is 0 Å². The third kappa shape index (κ3) is 5.46. The Morgan fingerprint density at radius 3 is 1.90 bits per heavy atom. The van der Waals surface area contributed by atoms with Gasteiger partial charge in [-0.3, -0.25) is 4.79 Å². The van der Waals surface area contributed by atoms with E-state index in [-0.39, 0.29) is 11.9 Å². The maximum atomic E-state index is 12.7. The molecule has 0 radical (unpaired) electrons. The first-order valence-electron chi connectivity index (χ1n) is 12.5. The minimum absolute atomic E-state index is 0.0148. The molecule has 3 fully saturated rings. The summed E-state index contributed by atoms with van der Waals surface area (Å²) in [6.45, 7) is 2.39. The lowest BCUT2D eigenvalue weighted by Crippen LogP contribution is -2.29. The smallest absolute Gasteiger partial charge is 0.314 e. The zero-order valence-corrected chi connectivity index (χ0v) is 19.0. The summed E-state index contributed by atoms with van der Waals surface area (Å²) in [5.74, 6) is 4.06. The maximum absolute atomic E-state index is 12.7. The topological polar surface area (TPSA) is 35.5 Å². The lowest BCUT2D eigenvalue weighted by molar-refractivity contribution is -0.140. The summed E-state index contributed by atoms with van der Waals surface area (Å²) in [6.07, 6.45) is 15.1. The molecule has 3 aliphatic rings. The number of hydrogen-bond donors (Lipinski definition) is 0. The Balaban J connectivity index is 1.22. The molecule has 3 aliphatic carbocycles. The Morgan fingerprint density at radius 1 is 0.767 bits per heavy atom. The lowest BCUT2D eigenvalue weighted by atomic mass is 9.69. The van der Waals surface area contributed by atoms with Crippen LogP contribution in [0.15, 0.2) is 24.3 Å². The number of rotatable bonds is 5. The standard InChI is InChI=1S/C27H40O3/c1-19-3-5-20(6-4-19)21-7-9-24(10-8-21)27(28)30-26-17-13-23(14-18-26)22-11-15-25(29-2)16-12-22/h13-14,17-22,24-25H,3-12,15-16H2,1-2H3. The first kappa shape index (κ1) is 21.9. The fraction of sp³-hybridized carbons (Fsp3) is 0.741. The molecule has 3 nitrogen and oxygen atoms in total. The van der Waals surface area contributed by atoms with E-state index >= 15 is 0 Å². The van der Waals surface area contributed by atoms with Crippen LogP contribution in [-0.2, 0) is 9.53 Å². The molecule has 0 aliphatic heterocycles. The van der Waals surface area contributed by atoms with Crippen molar-refractivity contribution < 1.29 is 14.3 Å². The Hall–Kier alpha value is -1.35. The second-order valence-corrected chi connectivity index (χ2v) is 10.3. The highest BCUT2D eigenvalue weighted by atomic mass is 16.5. The van der Waals surface area contributed by atoms with E-state index in [2.05, 4.69) is 19.1 Å². The SMILES string of the molecule is COC1CCC(c2ccc(OC(=O)C3CCC(C4CCC(C)CC4)CC3)cc2)CC1. The van der Waals surface area contributed by atoms with Gasteiger partial charge in [0, 0.05) is 7.11 Å². The highest BCUT2D eigenvalue weighted by Gasteiger charge is 2.33. The second-order valence-electron chi connectivity index (χ2n) is 10.3. The summed E-state index contributed by atoms with van der Waals surface area (Å²) in [5.41, 5.74) is 1.37. The van der Waals surface area contributed by atoms with E-state index < -0.39 is 0 Å². The summed E-state index contributed by atoms with van der Waals surface area (Å²) in [7, 11) is 1.82. The van der Waals surface area contributed by atoms with E-state index in [1.165, 1.54) is 56.9 Å². The van der Waals surface area contributed by atoms with E-state index in [9.17, 15) is 4.79 Å². The highest BCUT2D eigenvalue weighted by molar-refractivity contribution is 5.75. The van der Waals surface area contributed by atoms with Gasteiger partial charge < -0.3 is 9.47 Å². The van der Waals surface area contributed by atoms with Gasteiger partial charge in [0.1, 0.15) is 5.75 Å². The van der Waals surface area contributed by atoms with Crippen molar-refractivity contribution >= 4 is 5.97 Å². The summed E-state index contributed by atoms with van der Waals surface area (Å²) in [4.78, 5) is 12.7. The molecule has 0 spiro atoms. The average Bonchev–Trinajstić information content (AvgIpc) is 2.80. The van der Waals surface area contributed by atoms with Crippen molar-refractivity contribution in [3.05, 3.63) is 29.8 Å². The van der Waals surface area contributed by atoms with E-state index in [0.29, 0.717) is 17.8 Å². The fourth-order valence-corrected chi connectivity index (χ4v) is 6.22. The molecule has 0 unspecified atom stereocenters. The molecule has 0 amide bonds. The maximum Gasteiger partial charge on any atom is 0.314 e. The van der Waals surface area contributed by atoms with Gasteiger partial charge in [-0.15, -0.1) is 0 Å². The van der Waals surface area contributed by atoms with Crippen molar-refractivity contribution in [2.24, 2.45) is 23.7 Å². The van der Waals surface area contributed by atoms with E-state index in [4.69, 9.17) is 9.47 Å². The van der Waals surface area contributed by atoms with Crippen molar-refractivity contribution in [1.82, 2.24) is 0 Å². The monoisotopic (exact) mass is 412 g/mol. The van der Waals surface area contributed by atoms with Gasteiger partial charge in [0.15, 0.2) is 0 Å². The van der Waals surface area contributed by atoms with Gasteiger partial charge in [0.05, 0.1) is 12.0 Å². The number of carbonyl (C=O) groups excluding carboxylic acids is 1. The van der Waals surface area contributed by atoms with Crippen LogP contribution in [0.5, 0.6) is 5.75 Å². The van der Waals surface area contributed by atoms with Gasteiger partial charge in [-0.2, -0.15) is 0 Å². The summed E-state index contributed by atoms with van der Waals surface area (Å²) >= 11 is 0. The highest BCUT2D eigenvalue weighted by Crippen LogP contribution is 2.41. The molecule has 1 aromatic carbocycles. The van der Waals surface area contributed by atoms with Crippen LogP contribution in [0.2, 0.25) is 0 Å². The number of ether oxygens (including phenoxy) is 2. The van der Waals surface area contributed by atoms with Crippen molar-refractivity contribution in [1.29, 1.82) is 0 Å².